The van der Waals surface area contributed by atoms with Gasteiger partial charge in [0.15, 0.2) is 0 Å². The van der Waals surface area contributed by atoms with Crippen LogP contribution in [0.5, 0.6) is 0 Å². The van der Waals surface area contributed by atoms with Crippen molar-refractivity contribution in [2.75, 3.05) is 10.6 Å². The second kappa shape index (κ2) is 6.51. The average molecular weight is 285 g/mol. The molecule has 108 valence electrons. The van der Waals surface area contributed by atoms with Gasteiger partial charge in [-0.1, -0.05) is 6.92 Å². The number of benzene rings is 1. The molecule has 2 amide bonds. The molecule has 0 fully saturated rings. The maximum absolute atomic E-state index is 11.9. The summed E-state index contributed by atoms with van der Waals surface area (Å²) in [5, 5.41) is 5.39. The summed E-state index contributed by atoms with van der Waals surface area (Å²) in [6.07, 6.45) is 1.82. The van der Waals surface area contributed by atoms with E-state index in [0.29, 0.717) is 17.8 Å². The fourth-order valence-electron chi connectivity index (χ4n) is 1.68. The van der Waals surface area contributed by atoms with Crippen LogP contribution in [0.1, 0.15) is 23.7 Å². The van der Waals surface area contributed by atoms with Crippen LogP contribution in [0, 0.1) is 0 Å². The number of carbonyl (C=O) groups is 2. The summed E-state index contributed by atoms with van der Waals surface area (Å²) < 4.78 is 0. The second-order valence-corrected chi connectivity index (χ2v) is 4.37. The highest BCUT2D eigenvalue weighted by molar-refractivity contribution is 6.04. The lowest BCUT2D eigenvalue weighted by atomic mass is 10.2. The summed E-state index contributed by atoms with van der Waals surface area (Å²) in [6, 6.07) is 9.49. The van der Waals surface area contributed by atoms with Crippen molar-refractivity contribution < 1.29 is 9.59 Å². The molecule has 0 aliphatic rings. The smallest absolute Gasteiger partial charge is 0.255 e. The maximum Gasteiger partial charge on any atom is 0.255 e. The minimum Gasteiger partial charge on any atom is -0.329 e. The van der Waals surface area contributed by atoms with Crippen LogP contribution >= 0.6 is 0 Å². The van der Waals surface area contributed by atoms with Crippen molar-refractivity contribution in [3.63, 3.8) is 0 Å². The van der Waals surface area contributed by atoms with Gasteiger partial charge in [-0.15, -0.1) is 0 Å². The summed E-state index contributed by atoms with van der Waals surface area (Å²) >= 11 is 0. The Bertz CT molecular complexity index is 705. The molecule has 3 N–H and O–H groups in total. The van der Waals surface area contributed by atoms with E-state index in [1.54, 1.807) is 31.2 Å². The van der Waals surface area contributed by atoms with Crippen LogP contribution in [-0.4, -0.2) is 16.8 Å². The zero-order chi connectivity index (χ0) is 15.2. The Hall–Kier alpha value is -2.89. The molecule has 2 rings (SSSR count). The lowest BCUT2D eigenvalue weighted by Crippen LogP contribution is -2.15. The Morgan fingerprint density at radius 1 is 1.05 bits per heavy atom. The van der Waals surface area contributed by atoms with E-state index in [1.807, 2.05) is 0 Å². The lowest BCUT2D eigenvalue weighted by molar-refractivity contribution is -0.115. The molecule has 0 unspecified atom stereocenters. The van der Waals surface area contributed by atoms with Crippen LogP contribution in [0.4, 0.5) is 11.4 Å². The van der Waals surface area contributed by atoms with E-state index in [4.69, 9.17) is 0 Å². The topological polar surface area (TPSA) is 91.1 Å². The Balaban J connectivity index is 2.05. The molecular weight excluding hydrogens is 270 g/mol. The first kappa shape index (κ1) is 14.5. The minimum absolute atomic E-state index is 0.0738. The molecule has 1 aromatic heterocycles. The van der Waals surface area contributed by atoms with Gasteiger partial charge in [-0.05, 0) is 30.3 Å². The predicted molar refractivity (Wildman–Crippen MR) is 80.4 cm³/mol. The van der Waals surface area contributed by atoms with Crippen molar-refractivity contribution in [3.8, 4) is 0 Å². The Kier molecular flexibility index (Phi) is 4.50. The van der Waals surface area contributed by atoms with Crippen molar-refractivity contribution in [2.45, 2.75) is 13.3 Å². The van der Waals surface area contributed by atoms with Gasteiger partial charge in [-0.3, -0.25) is 14.4 Å². The molecule has 1 aromatic carbocycles. The first-order chi connectivity index (χ1) is 10.1. The molecule has 21 heavy (non-hydrogen) atoms. The number of aromatic nitrogens is 1. The quantitative estimate of drug-likeness (QED) is 0.802. The number of anilines is 2. The van der Waals surface area contributed by atoms with Crippen molar-refractivity contribution in [3.05, 3.63) is 58.5 Å². The summed E-state index contributed by atoms with van der Waals surface area (Å²) in [6.45, 7) is 1.77. The van der Waals surface area contributed by atoms with E-state index in [2.05, 4.69) is 15.6 Å². The number of nitrogens with one attached hydrogen (secondary N) is 3. The monoisotopic (exact) mass is 285 g/mol. The molecule has 0 aliphatic heterocycles. The molecule has 0 radical (unpaired) electrons. The van der Waals surface area contributed by atoms with Gasteiger partial charge >= 0.3 is 0 Å². The van der Waals surface area contributed by atoms with Gasteiger partial charge in [0, 0.05) is 35.6 Å². The van der Waals surface area contributed by atoms with E-state index < -0.39 is 0 Å². The van der Waals surface area contributed by atoms with E-state index in [-0.39, 0.29) is 22.9 Å². The van der Waals surface area contributed by atoms with Crippen LogP contribution in [-0.2, 0) is 4.79 Å². The Labute approximate surface area is 121 Å². The molecule has 0 saturated carbocycles. The summed E-state index contributed by atoms with van der Waals surface area (Å²) in [5.74, 6) is -0.443. The zero-order valence-electron chi connectivity index (χ0n) is 11.5. The standard InChI is InChI=1S/C15H15N3O3/c1-2-13(19)17-11-3-5-12(6-4-11)18-15(21)10-7-8-16-14(20)9-10/h3-9H,2H2,1H3,(H,16,20)(H,17,19)(H,18,21). The van der Waals surface area contributed by atoms with E-state index in [1.165, 1.54) is 18.3 Å². The van der Waals surface area contributed by atoms with Crippen LogP contribution in [0.15, 0.2) is 47.4 Å². The molecular formula is C15H15N3O3. The summed E-state index contributed by atoms with van der Waals surface area (Å²) in [4.78, 5) is 36.8. The van der Waals surface area contributed by atoms with Gasteiger partial charge in [-0.2, -0.15) is 0 Å². The van der Waals surface area contributed by atoms with Gasteiger partial charge < -0.3 is 15.6 Å². The molecule has 0 spiro atoms. The zero-order valence-corrected chi connectivity index (χ0v) is 11.5. The van der Waals surface area contributed by atoms with Crippen molar-refractivity contribution in [1.29, 1.82) is 0 Å². The van der Waals surface area contributed by atoms with E-state index in [9.17, 15) is 14.4 Å². The second-order valence-electron chi connectivity index (χ2n) is 4.37. The number of hydrogen-bond acceptors (Lipinski definition) is 3. The van der Waals surface area contributed by atoms with Gasteiger partial charge in [0.2, 0.25) is 11.5 Å². The number of amides is 2. The third kappa shape index (κ3) is 4.04. The predicted octanol–water partition coefficient (Wildman–Crippen LogP) is 1.98. The molecule has 2 aromatic rings. The largest absolute Gasteiger partial charge is 0.329 e. The summed E-state index contributed by atoms with van der Waals surface area (Å²) in [5.41, 5.74) is 1.19. The molecule has 6 nitrogen and oxygen atoms in total. The van der Waals surface area contributed by atoms with Gasteiger partial charge in [0.05, 0.1) is 0 Å². The molecule has 6 heteroatoms. The summed E-state index contributed by atoms with van der Waals surface area (Å²) in [7, 11) is 0. The van der Waals surface area contributed by atoms with Crippen LogP contribution in [0.2, 0.25) is 0 Å². The first-order valence-corrected chi connectivity index (χ1v) is 6.48. The number of carbonyl (C=O) groups excluding carboxylic acids is 2. The van der Waals surface area contributed by atoms with E-state index >= 15 is 0 Å². The molecule has 0 saturated heterocycles. The highest BCUT2D eigenvalue weighted by Crippen LogP contribution is 2.14. The number of H-pyrrole nitrogens is 1. The van der Waals surface area contributed by atoms with Crippen molar-refractivity contribution in [2.24, 2.45) is 0 Å². The number of pyridine rings is 1. The average Bonchev–Trinajstić information content (AvgIpc) is 2.49. The first-order valence-electron chi connectivity index (χ1n) is 6.48. The molecule has 0 bridgehead atoms. The maximum atomic E-state index is 11.9. The SMILES string of the molecule is CCC(=O)Nc1ccc(NC(=O)c2cc[nH]c(=O)c2)cc1. The fourth-order valence-corrected chi connectivity index (χ4v) is 1.68. The van der Waals surface area contributed by atoms with Crippen molar-refractivity contribution >= 4 is 23.2 Å². The number of hydrogen-bond donors (Lipinski definition) is 3. The van der Waals surface area contributed by atoms with Crippen LogP contribution in [0.3, 0.4) is 0 Å². The molecule has 1 heterocycles. The minimum atomic E-state index is -0.369. The highest BCUT2D eigenvalue weighted by Gasteiger charge is 2.06. The van der Waals surface area contributed by atoms with E-state index in [0.717, 1.165) is 0 Å². The Morgan fingerprint density at radius 2 is 1.67 bits per heavy atom. The fraction of sp³-hybridized carbons (Fsp3) is 0.133. The van der Waals surface area contributed by atoms with Gasteiger partial charge in [-0.25, -0.2) is 0 Å². The van der Waals surface area contributed by atoms with Gasteiger partial charge in [0.25, 0.3) is 5.91 Å². The third-order valence-corrected chi connectivity index (χ3v) is 2.78. The van der Waals surface area contributed by atoms with Crippen molar-refractivity contribution in [1.82, 2.24) is 4.98 Å². The van der Waals surface area contributed by atoms with Gasteiger partial charge in [0.1, 0.15) is 0 Å². The van der Waals surface area contributed by atoms with Crippen LogP contribution in [0.25, 0.3) is 0 Å². The Morgan fingerprint density at radius 3 is 2.24 bits per heavy atom. The number of rotatable bonds is 4. The highest BCUT2D eigenvalue weighted by atomic mass is 16.2. The third-order valence-electron chi connectivity index (χ3n) is 2.78. The molecule has 0 aliphatic carbocycles. The number of aromatic amines is 1. The molecule has 0 atom stereocenters. The normalized spacial score (nSPS) is 9.95. The lowest BCUT2D eigenvalue weighted by Gasteiger charge is -2.07. The van der Waals surface area contributed by atoms with Crippen LogP contribution < -0.4 is 16.2 Å².